The van der Waals surface area contributed by atoms with Gasteiger partial charge in [0.1, 0.15) is 12.0 Å². The largest absolute Gasteiger partial charge is 0.253 e. The van der Waals surface area contributed by atoms with E-state index in [-0.39, 0.29) is 0 Å². The molecular weight excluding hydrogens is 552 g/mol. The Labute approximate surface area is 266 Å². The molecule has 0 amide bonds. The summed E-state index contributed by atoms with van der Waals surface area (Å²) in [6.45, 7) is 2.12. The SMILES string of the molecule is Cc1ccc(/C=C/[P+](N(C)C)(N(C)C)N(C)C)cc1.c1ccc([B-](c2ccccc2)(c2ccccc2)c2ccccc2)cc1. The van der Waals surface area contributed by atoms with Crippen LogP contribution in [-0.4, -0.2) is 62.4 Å². The Hall–Kier alpha value is -3.79. The van der Waals surface area contributed by atoms with Crippen molar-refractivity contribution in [1.29, 1.82) is 0 Å². The van der Waals surface area contributed by atoms with E-state index in [0.29, 0.717) is 0 Å². The second-order valence-electron chi connectivity index (χ2n) is 11.9. The first kappa shape index (κ1) is 33.1. The van der Waals surface area contributed by atoms with Crippen molar-refractivity contribution in [3.05, 3.63) is 163 Å². The molecule has 0 unspecified atom stereocenters. The molecule has 0 radical (unpaired) electrons. The number of rotatable bonds is 9. The molecule has 0 atom stereocenters. The maximum Gasteiger partial charge on any atom is 0.253 e. The van der Waals surface area contributed by atoms with Crippen molar-refractivity contribution in [1.82, 2.24) is 14.0 Å². The van der Waals surface area contributed by atoms with E-state index in [4.69, 9.17) is 0 Å². The average Bonchev–Trinajstić information content (AvgIpc) is 3.04. The van der Waals surface area contributed by atoms with Gasteiger partial charge in [0.25, 0.3) is 7.71 Å². The second kappa shape index (κ2) is 15.3. The van der Waals surface area contributed by atoms with Crippen LogP contribution in [0, 0.1) is 6.92 Å². The number of aryl methyl sites for hydroxylation is 1. The highest BCUT2D eigenvalue weighted by Gasteiger charge is 2.45. The van der Waals surface area contributed by atoms with Crippen molar-refractivity contribution in [2.45, 2.75) is 6.92 Å². The van der Waals surface area contributed by atoms with Gasteiger partial charge < -0.3 is 0 Å². The molecule has 5 aromatic carbocycles. The molecule has 0 heterocycles. The zero-order chi connectivity index (χ0) is 31.6. The van der Waals surface area contributed by atoms with Crippen LogP contribution in [0.25, 0.3) is 6.08 Å². The molecule has 0 saturated heterocycles. The van der Waals surface area contributed by atoms with Crippen LogP contribution in [-0.2, 0) is 0 Å². The standard InChI is InChI=1S/C24H20B.C15H27N3P/c1-5-13-21(14-6-1)25(22-15-7-2-8-16-22,23-17-9-3-10-18-23)24-19-11-4-12-20-24;1-14-8-10-15(11-9-14)12-13-19(16(2)3,17(4)5)18(6)7/h1-20H;8-13H,1-7H3/q-1;+1/b;13-12+. The van der Waals surface area contributed by atoms with E-state index < -0.39 is 13.9 Å². The summed E-state index contributed by atoms with van der Waals surface area (Å²) in [5, 5.41) is 0. The average molecular weight is 600 g/mol. The Bertz CT molecular complexity index is 1390. The summed E-state index contributed by atoms with van der Waals surface area (Å²) in [5.74, 6) is 2.34. The molecular formula is C39H47BN3P. The predicted octanol–water partition coefficient (Wildman–Crippen LogP) is 6.48. The zero-order valence-electron chi connectivity index (χ0n) is 27.4. The molecule has 0 aliphatic heterocycles. The van der Waals surface area contributed by atoms with Crippen molar-refractivity contribution in [2.75, 3.05) is 42.3 Å². The third kappa shape index (κ3) is 7.12. The molecule has 0 bridgehead atoms. The monoisotopic (exact) mass is 599 g/mol. The predicted molar refractivity (Wildman–Crippen MR) is 198 cm³/mol. The van der Waals surface area contributed by atoms with Crippen LogP contribution >= 0.6 is 7.71 Å². The van der Waals surface area contributed by atoms with Crippen molar-refractivity contribution in [2.24, 2.45) is 0 Å². The number of benzene rings is 5. The molecule has 0 aromatic heterocycles. The van der Waals surface area contributed by atoms with E-state index in [1.165, 1.54) is 33.0 Å². The highest BCUT2D eigenvalue weighted by Crippen LogP contribution is 2.65. The molecule has 0 aliphatic rings. The highest BCUT2D eigenvalue weighted by atomic mass is 31.2. The van der Waals surface area contributed by atoms with E-state index in [1.54, 1.807) is 0 Å². The third-order valence-electron chi connectivity index (χ3n) is 8.51. The lowest BCUT2D eigenvalue weighted by Gasteiger charge is -2.44. The first-order chi connectivity index (χ1) is 21.2. The summed E-state index contributed by atoms with van der Waals surface area (Å²) in [7, 11) is 11.3. The normalized spacial score (nSPS) is 12.0. The fraction of sp³-hybridized carbons (Fsp3) is 0.179. The number of nitrogens with zero attached hydrogens (tertiary/aromatic N) is 3. The van der Waals surface area contributed by atoms with E-state index in [0.717, 1.165) is 0 Å². The van der Waals surface area contributed by atoms with Crippen LogP contribution in [0.5, 0.6) is 0 Å². The molecule has 5 rings (SSSR count). The lowest BCUT2D eigenvalue weighted by molar-refractivity contribution is 0.472. The lowest BCUT2D eigenvalue weighted by atomic mass is 9.13. The topological polar surface area (TPSA) is 9.72 Å². The van der Waals surface area contributed by atoms with E-state index in [2.05, 4.69) is 221 Å². The maximum atomic E-state index is 2.34. The first-order valence-corrected chi connectivity index (χ1v) is 17.0. The summed E-state index contributed by atoms with van der Waals surface area (Å²) in [6.07, 6.45) is 1.01. The maximum absolute atomic E-state index is 2.34. The van der Waals surface area contributed by atoms with Crippen LogP contribution in [0.2, 0.25) is 0 Å². The van der Waals surface area contributed by atoms with Gasteiger partial charge in [-0.2, -0.15) is 35.9 Å². The molecule has 0 saturated carbocycles. The number of hydrogen-bond acceptors (Lipinski definition) is 3. The quantitative estimate of drug-likeness (QED) is 0.142. The Kier molecular flexibility index (Phi) is 11.5. The molecule has 226 valence electrons. The van der Waals surface area contributed by atoms with Crippen LogP contribution < -0.4 is 21.9 Å². The zero-order valence-corrected chi connectivity index (χ0v) is 28.3. The van der Waals surface area contributed by atoms with Crippen LogP contribution in [0.15, 0.2) is 151 Å². The van der Waals surface area contributed by atoms with E-state index >= 15 is 0 Å². The van der Waals surface area contributed by atoms with Crippen LogP contribution in [0.1, 0.15) is 11.1 Å². The fourth-order valence-electron chi connectivity index (χ4n) is 6.46. The van der Waals surface area contributed by atoms with Gasteiger partial charge in [-0.1, -0.05) is 151 Å². The second-order valence-corrected chi connectivity index (χ2v) is 15.8. The third-order valence-corrected chi connectivity index (χ3v) is 12.6. The smallest absolute Gasteiger partial charge is 0.195 e. The summed E-state index contributed by atoms with van der Waals surface area (Å²) in [4.78, 5) is 0. The summed E-state index contributed by atoms with van der Waals surface area (Å²) in [5.41, 5.74) is 7.90. The van der Waals surface area contributed by atoms with E-state index in [9.17, 15) is 0 Å². The van der Waals surface area contributed by atoms with Crippen LogP contribution in [0.4, 0.5) is 0 Å². The molecule has 44 heavy (non-hydrogen) atoms. The summed E-state index contributed by atoms with van der Waals surface area (Å²) >= 11 is 0. The van der Waals surface area contributed by atoms with Crippen molar-refractivity contribution < 1.29 is 0 Å². The highest BCUT2D eigenvalue weighted by molar-refractivity contribution is 7.72. The molecule has 5 aromatic rings. The molecule has 0 fully saturated rings. The van der Waals surface area contributed by atoms with Gasteiger partial charge >= 0.3 is 0 Å². The van der Waals surface area contributed by atoms with Crippen molar-refractivity contribution >= 4 is 41.8 Å². The Morgan fingerprint density at radius 3 is 1.00 bits per heavy atom. The first-order valence-electron chi connectivity index (χ1n) is 15.3. The van der Waals surface area contributed by atoms with Gasteiger partial charge in [-0.25, -0.2) is 0 Å². The van der Waals surface area contributed by atoms with Gasteiger partial charge in [-0.05, 0) is 18.6 Å². The number of hydrogen-bond donors (Lipinski definition) is 0. The minimum atomic E-state index is -1.57. The Morgan fingerprint density at radius 2 is 0.727 bits per heavy atom. The van der Waals surface area contributed by atoms with Gasteiger partial charge in [-0.15, -0.1) is 0 Å². The molecule has 3 nitrogen and oxygen atoms in total. The van der Waals surface area contributed by atoms with Gasteiger partial charge in [0.05, 0.1) is 0 Å². The van der Waals surface area contributed by atoms with Gasteiger partial charge in [0.2, 0.25) is 0 Å². The molecule has 0 spiro atoms. The minimum Gasteiger partial charge on any atom is -0.195 e. The summed E-state index contributed by atoms with van der Waals surface area (Å²) < 4.78 is 6.95. The van der Waals surface area contributed by atoms with Crippen molar-refractivity contribution in [3.8, 4) is 0 Å². The molecule has 0 N–H and O–H groups in total. The van der Waals surface area contributed by atoms with Crippen molar-refractivity contribution in [3.63, 3.8) is 0 Å². The van der Waals surface area contributed by atoms with E-state index in [1.807, 2.05) is 0 Å². The van der Waals surface area contributed by atoms with Gasteiger partial charge in [-0.3, -0.25) is 0 Å². The van der Waals surface area contributed by atoms with Gasteiger partial charge in [0, 0.05) is 42.3 Å². The summed E-state index contributed by atoms with van der Waals surface area (Å²) in [6, 6.07) is 52.2. The lowest BCUT2D eigenvalue weighted by Crippen LogP contribution is -2.74. The Morgan fingerprint density at radius 1 is 0.432 bits per heavy atom. The molecule has 5 heteroatoms. The molecule has 0 aliphatic carbocycles. The fourth-order valence-corrected chi connectivity index (χ4v) is 9.78. The minimum absolute atomic E-state index is 1.22. The van der Waals surface area contributed by atoms with Gasteiger partial charge in [0.15, 0.2) is 0 Å². The Balaban J connectivity index is 0.000000210. The van der Waals surface area contributed by atoms with Crippen LogP contribution in [0.3, 0.4) is 0 Å².